The molecular weight excluding hydrogens is 374 g/mol. The number of aromatic amines is 1. The topological polar surface area (TPSA) is 31.9 Å². The number of nitrogens with one attached hydrogen (secondary N) is 1. The van der Waals surface area contributed by atoms with E-state index in [2.05, 4.69) is 54.9 Å². The Kier molecular flexibility index (Phi) is 6.27. The molecule has 0 spiro atoms. The number of H-pyrrole nitrogens is 1. The molecule has 0 aliphatic carbocycles. The molecule has 2 aromatic rings. The average molecular weight is 404 g/mol. The Bertz CT molecular complexity index is 826. The zero-order valence-electron chi connectivity index (χ0n) is 16.6. The van der Waals surface area contributed by atoms with E-state index in [9.17, 15) is 0 Å². The van der Waals surface area contributed by atoms with E-state index in [0.29, 0.717) is 10.6 Å². The third kappa shape index (κ3) is 5.55. The molecule has 0 unspecified atom stereocenters. The molecule has 1 aliphatic heterocycles. The van der Waals surface area contributed by atoms with Gasteiger partial charge < -0.3 is 9.88 Å². The molecular formula is C22H30ClN3S. The van der Waals surface area contributed by atoms with E-state index in [1.165, 1.54) is 18.5 Å². The second-order valence-corrected chi connectivity index (χ2v) is 10.2. The van der Waals surface area contributed by atoms with Crippen molar-refractivity contribution in [3.63, 3.8) is 0 Å². The highest BCUT2D eigenvalue weighted by atomic mass is 35.5. The van der Waals surface area contributed by atoms with Crippen LogP contribution in [-0.2, 0) is 0 Å². The van der Waals surface area contributed by atoms with E-state index in [1.807, 2.05) is 17.8 Å². The van der Waals surface area contributed by atoms with E-state index in [1.54, 1.807) is 6.20 Å². The lowest BCUT2D eigenvalue weighted by Crippen LogP contribution is -2.34. The van der Waals surface area contributed by atoms with Gasteiger partial charge in [0.05, 0.1) is 17.4 Å². The smallest absolute Gasteiger partial charge is 0.129 e. The van der Waals surface area contributed by atoms with Crippen LogP contribution < -0.4 is 0 Å². The number of pyridine rings is 1. The predicted molar refractivity (Wildman–Crippen MR) is 120 cm³/mol. The average Bonchev–Trinajstić information content (AvgIpc) is 3.01. The van der Waals surface area contributed by atoms with E-state index in [-0.39, 0.29) is 0 Å². The van der Waals surface area contributed by atoms with Crippen molar-refractivity contribution in [2.75, 3.05) is 18.8 Å². The highest BCUT2D eigenvalue weighted by Crippen LogP contribution is 2.33. The van der Waals surface area contributed by atoms with E-state index in [4.69, 9.17) is 11.6 Å². The number of hydrogen-bond donors (Lipinski definition) is 1. The van der Waals surface area contributed by atoms with Crippen molar-refractivity contribution < 1.29 is 0 Å². The van der Waals surface area contributed by atoms with Gasteiger partial charge in [-0.15, -0.1) is 11.8 Å². The van der Waals surface area contributed by atoms with E-state index < -0.39 is 0 Å². The number of piperidine rings is 1. The van der Waals surface area contributed by atoms with Crippen molar-refractivity contribution in [1.29, 1.82) is 0 Å². The second kappa shape index (κ2) is 8.32. The molecule has 1 fully saturated rings. The quantitative estimate of drug-likeness (QED) is 0.552. The van der Waals surface area contributed by atoms with Gasteiger partial charge in [0.25, 0.3) is 0 Å². The fraction of sp³-hybridized carbons (Fsp3) is 0.500. The predicted octanol–water partition coefficient (Wildman–Crippen LogP) is 6.58. The molecule has 0 atom stereocenters. The fourth-order valence-electron chi connectivity index (χ4n) is 3.59. The molecule has 1 aliphatic rings. The molecule has 0 bridgehead atoms. The zero-order valence-corrected chi connectivity index (χ0v) is 18.2. The zero-order chi connectivity index (χ0) is 19.6. The minimum absolute atomic E-state index is 0.306. The van der Waals surface area contributed by atoms with Gasteiger partial charge in [0, 0.05) is 34.8 Å². The van der Waals surface area contributed by atoms with Gasteiger partial charge in [0.1, 0.15) is 5.15 Å². The van der Waals surface area contributed by atoms with Crippen molar-refractivity contribution in [1.82, 2.24) is 14.9 Å². The van der Waals surface area contributed by atoms with Crippen LogP contribution in [0.15, 0.2) is 37.2 Å². The maximum atomic E-state index is 5.98. The van der Waals surface area contributed by atoms with Crippen LogP contribution in [0.5, 0.6) is 0 Å². The molecule has 0 radical (unpaired) electrons. The lowest BCUT2D eigenvalue weighted by Gasteiger charge is -2.36. The third-order valence-corrected chi connectivity index (χ3v) is 6.47. The summed E-state index contributed by atoms with van der Waals surface area (Å²) in [5, 5.41) is 1.60. The molecule has 3 rings (SSSR count). The first kappa shape index (κ1) is 20.3. The summed E-state index contributed by atoms with van der Waals surface area (Å²) in [6.07, 6.45) is 5.31. The summed E-state index contributed by atoms with van der Waals surface area (Å²) in [4.78, 5) is 11.1. The van der Waals surface area contributed by atoms with Crippen LogP contribution in [0.2, 0.25) is 5.15 Å². The molecule has 1 saturated heterocycles. The van der Waals surface area contributed by atoms with Gasteiger partial charge in [-0.1, -0.05) is 45.5 Å². The maximum Gasteiger partial charge on any atom is 0.129 e. The minimum Gasteiger partial charge on any atom is -0.375 e. The van der Waals surface area contributed by atoms with E-state index >= 15 is 0 Å². The number of hydrogen-bond acceptors (Lipinski definition) is 3. The van der Waals surface area contributed by atoms with Crippen molar-refractivity contribution >= 4 is 39.2 Å². The number of nitrogens with zero attached hydrogens (tertiary/aromatic N) is 2. The lowest BCUT2D eigenvalue weighted by atomic mass is 9.89. The molecule has 0 aromatic carbocycles. The Balaban J connectivity index is 1.48. The first-order chi connectivity index (χ1) is 12.7. The number of halogens is 1. The molecule has 2 aromatic heterocycles. The SMILES string of the molecule is C=C(SCC1CCN(C(=C)CC(C)(C)C)CC1)c1cc2cc(Cl)ncc2[nH]1. The van der Waals surface area contributed by atoms with Gasteiger partial charge in [-0.3, -0.25) is 0 Å². The molecule has 27 heavy (non-hydrogen) atoms. The second-order valence-electron chi connectivity index (χ2n) is 8.75. The largest absolute Gasteiger partial charge is 0.375 e. The summed E-state index contributed by atoms with van der Waals surface area (Å²) in [6, 6.07) is 3.99. The first-order valence-corrected chi connectivity index (χ1v) is 11.0. The summed E-state index contributed by atoms with van der Waals surface area (Å²) >= 11 is 7.83. The standard InChI is InChI=1S/C22H30ClN3S/c1-15(12-22(3,4)5)26-8-6-17(7-9-26)14-27-16(2)19-10-18-11-21(23)24-13-20(18)25-19/h10-11,13,17,25H,1-2,6-9,12,14H2,3-5H3. The third-order valence-electron chi connectivity index (χ3n) is 5.06. The Morgan fingerprint density at radius 2 is 2.00 bits per heavy atom. The van der Waals surface area contributed by atoms with Gasteiger partial charge in [-0.25, -0.2) is 4.98 Å². The minimum atomic E-state index is 0.306. The number of likely N-dealkylation sites (tertiary alicyclic amines) is 1. The molecule has 0 amide bonds. The number of allylic oxidation sites excluding steroid dienone is 1. The first-order valence-electron chi connectivity index (χ1n) is 9.60. The van der Waals surface area contributed by atoms with Crippen molar-refractivity contribution in [2.24, 2.45) is 11.3 Å². The van der Waals surface area contributed by atoms with Crippen LogP contribution in [0.3, 0.4) is 0 Å². The van der Waals surface area contributed by atoms with E-state index in [0.717, 1.165) is 52.7 Å². The maximum absolute atomic E-state index is 5.98. The molecule has 5 heteroatoms. The molecule has 0 saturated carbocycles. The molecule has 1 N–H and O–H groups in total. The van der Waals surface area contributed by atoms with Crippen LogP contribution in [0, 0.1) is 11.3 Å². The number of rotatable bonds is 6. The molecule has 3 nitrogen and oxygen atoms in total. The van der Waals surface area contributed by atoms with Crippen LogP contribution in [0.25, 0.3) is 15.8 Å². The lowest BCUT2D eigenvalue weighted by molar-refractivity contribution is 0.218. The van der Waals surface area contributed by atoms with Gasteiger partial charge in [0.15, 0.2) is 0 Å². The Hall–Kier alpha value is -1.39. The Labute approximate surface area is 172 Å². The summed E-state index contributed by atoms with van der Waals surface area (Å²) in [6.45, 7) is 17.7. The van der Waals surface area contributed by atoms with Gasteiger partial charge in [0.2, 0.25) is 0 Å². The van der Waals surface area contributed by atoms with Gasteiger partial charge in [-0.05, 0) is 42.7 Å². The highest BCUT2D eigenvalue weighted by Gasteiger charge is 2.23. The van der Waals surface area contributed by atoms with Crippen molar-refractivity contribution in [3.05, 3.63) is 48.0 Å². The summed E-state index contributed by atoms with van der Waals surface area (Å²) in [5.41, 5.74) is 3.67. The van der Waals surface area contributed by atoms with Crippen LogP contribution in [0.4, 0.5) is 0 Å². The van der Waals surface area contributed by atoms with Crippen molar-refractivity contribution in [2.45, 2.75) is 40.0 Å². The van der Waals surface area contributed by atoms with Gasteiger partial charge >= 0.3 is 0 Å². The Morgan fingerprint density at radius 1 is 1.30 bits per heavy atom. The van der Waals surface area contributed by atoms with Crippen molar-refractivity contribution in [3.8, 4) is 0 Å². The summed E-state index contributed by atoms with van der Waals surface area (Å²) in [7, 11) is 0. The summed E-state index contributed by atoms with van der Waals surface area (Å²) in [5.74, 6) is 1.86. The van der Waals surface area contributed by atoms with Crippen LogP contribution in [0.1, 0.15) is 45.7 Å². The monoisotopic (exact) mass is 403 g/mol. The highest BCUT2D eigenvalue weighted by molar-refractivity contribution is 8.08. The summed E-state index contributed by atoms with van der Waals surface area (Å²) < 4.78 is 0. The normalized spacial score (nSPS) is 16.1. The number of thioether (sulfide) groups is 1. The fourth-order valence-corrected chi connectivity index (χ4v) is 4.79. The molecule has 3 heterocycles. The van der Waals surface area contributed by atoms with Crippen LogP contribution in [-0.4, -0.2) is 33.7 Å². The van der Waals surface area contributed by atoms with Crippen LogP contribution >= 0.6 is 23.4 Å². The number of fused-ring (bicyclic) bond motifs is 1. The molecule has 146 valence electrons. The number of aromatic nitrogens is 2. The van der Waals surface area contributed by atoms with Gasteiger partial charge in [-0.2, -0.15) is 0 Å². The Morgan fingerprint density at radius 3 is 2.67 bits per heavy atom.